The molecule has 0 aliphatic heterocycles. The van der Waals surface area contributed by atoms with E-state index in [4.69, 9.17) is 9.84 Å². The highest BCUT2D eigenvalue weighted by Gasteiger charge is 2.32. The van der Waals surface area contributed by atoms with Crippen molar-refractivity contribution in [2.75, 3.05) is 19.0 Å². The van der Waals surface area contributed by atoms with Gasteiger partial charge in [-0.15, -0.1) is 0 Å². The second-order valence-electron chi connectivity index (χ2n) is 11.5. The van der Waals surface area contributed by atoms with Crippen molar-refractivity contribution in [1.82, 2.24) is 10.3 Å². The molecule has 0 spiro atoms. The number of carbonyl (C=O) groups excluding carboxylic acids is 1. The number of methoxy groups -OCH3 is 1. The topological polar surface area (TPSA) is 121 Å². The number of carbonyl (C=O) groups is 2. The first-order valence-electron chi connectivity index (χ1n) is 15.2. The summed E-state index contributed by atoms with van der Waals surface area (Å²) in [6.45, 7) is 0.0157. The Hall–Kier alpha value is -4.16. The number of aliphatic hydroxyl groups excluding tert-OH is 1. The molecule has 8 nitrogen and oxygen atoms in total. The molecule has 5 rings (SSSR count). The summed E-state index contributed by atoms with van der Waals surface area (Å²) in [5.41, 5.74) is 2.59. The van der Waals surface area contributed by atoms with Crippen LogP contribution in [0.1, 0.15) is 83.0 Å². The summed E-state index contributed by atoms with van der Waals surface area (Å²) >= 11 is 1.09. The fourth-order valence-corrected chi connectivity index (χ4v) is 6.87. The average molecular weight is 656 g/mol. The number of amides is 1. The smallest absolute Gasteiger partial charge is 0.416 e. The molecule has 0 radical (unpaired) electrons. The van der Waals surface area contributed by atoms with E-state index in [1.807, 2.05) is 12.1 Å². The Morgan fingerprint density at radius 2 is 1.74 bits per heavy atom. The quantitative estimate of drug-likeness (QED) is 0.118. The van der Waals surface area contributed by atoms with Crippen LogP contribution in [0.15, 0.2) is 60.7 Å². The maximum atomic E-state index is 13.5. The number of ether oxygens (including phenoxy) is 1. The Morgan fingerprint density at radius 3 is 2.37 bits per heavy atom. The summed E-state index contributed by atoms with van der Waals surface area (Å²) in [7, 11) is 1.30. The van der Waals surface area contributed by atoms with Crippen molar-refractivity contribution in [2.24, 2.45) is 0 Å². The molecule has 2 atom stereocenters. The molecule has 1 heterocycles. The highest BCUT2D eigenvalue weighted by molar-refractivity contribution is 7.22. The monoisotopic (exact) mass is 655 g/mol. The van der Waals surface area contributed by atoms with Gasteiger partial charge in [0.05, 0.1) is 29.3 Å². The van der Waals surface area contributed by atoms with Crippen LogP contribution < -0.4 is 15.4 Å². The summed E-state index contributed by atoms with van der Waals surface area (Å²) in [4.78, 5) is 27.5. The van der Waals surface area contributed by atoms with E-state index in [-0.39, 0.29) is 35.3 Å². The summed E-state index contributed by atoms with van der Waals surface area (Å²) in [5, 5.41) is 26.2. The Morgan fingerprint density at radius 1 is 1.04 bits per heavy atom. The number of nitrogens with one attached hydrogen (secondary N) is 2. The van der Waals surface area contributed by atoms with Crippen LogP contribution in [0.3, 0.4) is 0 Å². The zero-order valence-electron chi connectivity index (χ0n) is 25.3. The van der Waals surface area contributed by atoms with Gasteiger partial charge in [0.25, 0.3) is 5.91 Å². The molecule has 2 unspecified atom stereocenters. The molecule has 0 saturated heterocycles. The molecule has 3 aromatic carbocycles. The third-order valence-corrected chi connectivity index (χ3v) is 9.41. The minimum atomic E-state index is -4.57. The maximum Gasteiger partial charge on any atom is 0.416 e. The molecule has 4 aromatic rings. The number of alkyl halides is 3. The number of thiazole rings is 1. The van der Waals surface area contributed by atoms with Crippen molar-refractivity contribution in [3.63, 3.8) is 0 Å². The number of aromatic nitrogens is 1. The molecule has 1 aliphatic rings. The molecular weight excluding hydrogens is 619 g/mol. The van der Waals surface area contributed by atoms with Crippen molar-refractivity contribution in [2.45, 2.75) is 69.2 Å². The van der Waals surface area contributed by atoms with Gasteiger partial charge in [-0.2, -0.15) is 13.2 Å². The van der Waals surface area contributed by atoms with Crippen LogP contribution in [-0.2, 0) is 17.4 Å². The van der Waals surface area contributed by atoms with Crippen molar-refractivity contribution < 1.29 is 37.7 Å². The van der Waals surface area contributed by atoms with E-state index < -0.39 is 29.9 Å². The third kappa shape index (κ3) is 8.16. The molecule has 1 fully saturated rings. The van der Waals surface area contributed by atoms with Gasteiger partial charge in [-0.1, -0.05) is 67.0 Å². The van der Waals surface area contributed by atoms with E-state index >= 15 is 0 Å². The number of rotatable bonds is 12. The van der Waals surface area contributed by atoms with Gasteiger partial charge in [-0.05, 0) is 66.1 Å². The molecule has 46 heavy (non-hydrogen) atoms. The number of nitrogens with zero attached hydrogens (tertiary/aromatic N) is 1. The minimum absolute atomic E-state index is 0.0157. The summed E-state index contributed by atoms with van der Waals surface area (Å²) in [5.74, 6) is -1.30. The molecule has 4 N–H and O–H groups in total. The molecule has 1 aromatic heterocycles. The van der Waals surface area contributed by atoms with Gasteiger partial charge in [0.1, 0.15) is 12.0 Å². The number of halogens is 3. The molecular formula is C34H36F3N3O5S. The zero-order valence-corrected chi connectivity index (χ0v) is 26.1. The van der Waals surface area contributed by atoms with E-state index in [9.17, 15) is 27.9 Å². The van der Waals surface area contributed by atoms with E-state index in [1.165, 1.54) is 31.9 Å². The van der Waals surface area contributed by atoms with Crippen LogP contribution in [0.25, 0.3) is 10.2 Å². The van der Waals surface area contributed by atoms with Crippen LogP contribution in [0.4, 0.5) is 18.3 Å². The highest BCUT2D eigenvalue weighted by Crippen LogP contribution is 2.41. The number of carboxylic acid groups (broad SMARTS) is 1. The molecule has 0 bridgehead atoms. The molecule has 12 heteroatoms. The number of benzene rings is 3. The SMILES string of the molecule is COc1cc(C(F)(F)F)cc2nc(NC(O)C(Cc3ccc(C(=O)NCCC(=O)O)cc3)c3ccc(C4CCCCC4)cc3)sc12. The summed E-state index contributed by atoms with van der Waals surface area (Å²) in [6, 6.07) is 17.0. The number of aliphatic hydroxyl groups is 1. The van der Waals surface area contributed by atoms with Crippen LogP contribution in [0.2, 0.25) is 0 Å². The Labute approximate surface area is 268 Å². The first-order valence-corrected chi connectivity index (χ1v) is 16.0. The zero-order chi connectivity index (χ0) is 32.8. The van der Waals surface area contributed by atoms with Crippen LogP contribution in [0.5, 0.6) is 5.75 Å². The number of hydrogen-bond donors (Lipinski definition) is 4. The number of anilines is 1. The maximum absolute atomic E-state index is 13.5. The minimum Gasteiger partial charge on any atom is -0.495 e. The van der Waals surface area contributed by atoms with Gasteiger partial charge in [0.2, 0.25) is 0 Å². The van der Waals surface area contributed by atoms with Crippen molar-refractivity contribution in [3.8, 4) is 5.75 Å². The number of hydrogen-bond acceptors (Lipinski definition) is 7. The first-order chi connectivity index (χ1) is 22.0. The van der Waals surface area contributed by atoms with E-state index in [0.717, 1.165) is 47.4 Å². The van der Waals surface area contributed by atoms with Crippen molar-refractivity contribution in [3.05, 3.63) is 88.5 Å². The second-order valence-corrected chi connectivity index (χ2v) is 12.5. The molecule has 1 saturated carbocycles. The van der Waals surface area contributed by atoms with Crippen LogP contribution in [0, 0.1) is 0 Å². The highest BCUT2D eigenvalue weighted by atomic mass is 32.1. The summed E-state index contributed by atoms with van der Waals surface area (Å²) in [6.07, 6.45) is 0.457. The van der Waals surface area contributed by atoms with E-state index in [1.54, 1.807) is 24.3 Å². The second kappa shape index (κ2) is 14.5. The molecule has 244 valence electrons. The Kier molecular flexibility index (Phi) is 10.5. The largest absolute Gasteiger partial charge is 0.495 e. The number of aliphatic carboxylic acids is 1. The summed E-state index contributed by atoms with van der Waals surface area (Å²) < 4.78 is 46.1. The number of carboxylic acids is 1. The van der Waals surface area contributed by atoms with E-state index in [0.29, 0.717) is 22.6 Å². The standard InChI is InChI=1S/C34H36F3N3O5S/c1-45-28-19-25(34(35,36)37)18-27-30(28)46-33(39-27)40-32(44)26(23-13-11-22(12-14-23)21-5-3-2-4-6-21)17-20-7-9-24(10-8-20)31(43)38-16-15-29(41)42/h7-14,18-19,21,26,32,44H,2-6,15-17H2,1H3,(H,38,43)(H,39,40)(H,41,42). The fourth-order valence-electron chi connectivity index (χ4n) is 5.90. The van der Waals surface area contributed by atoms with Gasteiger partial charge in [0, 0.05) is 18.0 Å². The van der Waals surface area contributed by atoms with Gasteiger partial charge in [0.15, 0.2) is 5.13 Å². The lowest BCUT2D eigenvalue weighted by atomic mass is 9.82. The lowest BCUT2D eigenvalue weighted by Crippen LogP contribution is -2.29. The van der Waals surface area contributed by atoms with Gasteiger partial charge in [-0.25, -0.2) is 4.98 Å². The van der Waals surface area contributed by atoms with Gasteiger partial charge in [-0.3, -0.25) is 9.59 Å². The lowest BCUT2D eigenvalue weighted by molar-refractivity contribution is -0.138. The predicted molar refractivity (Wildman–Crippen MR) is 171 cm³/mol. The Bertz CT molecular complexity index is 1650. The van der Waals surface area contributed by atoms with Crippen molar-refractivity contribution >= 4 is 38.6 Å². The Balaban J connectivity index is 1.39. The normalized spacial score (nSPS) is 15.3. The molecule has 1 aliphatic carbocycles. The van der Waals surface area contributed by atoms with Gasteiger partial charge >= 0.3 is 12.1 Å². The van der Waals surface area contributed by atoms with E-state index in [2.05, 4.69) is 27.8 Å². The number of fused-ring (bicyclic) bond motifs is 1. The van der Waals surface area contributed by atoms with Crippen LogP contribution >= 0.6 is 11.3 Å². The van der Waals surface area contributed by atoms with Crippen molar-refractivity contribution in [1.29, 1.82) is 0 Å². The fraction of sp³-hybridized carbons (Fsp3) is 0.382. The predicted octanol–water partition coefficient (Wildman–Crippen LogP) is 7.33. The molecule has 1 amide bonds. The third-order valence-electron chi connectivity index (χ3n) is 8.39. The first kappa shape index (κ1) is 33.2. The average Bonchev–Trinajstić information content (AvgIpc) is 3.45. The van der Waals surface area contributed by atoms with Gasteiger partial charge < -0.3 is 25.6 Å². The van der Waals surface area contributed by atoms with Crippen LogP contribution in [-0.4, -0.2) is 47.0 Å². The lowest BCUT2D eigenvalue weighted by Gasteiger charge is -2.26.